The number of carbonyl (C=O) groups excluding carboxylic acids is 1. The highest BCUT2D eigenvalue weighted by molar-refractivity contribution is 7.08. The van der Waals surface area contributed by atoms with Crippen LogP contribution in [-0.4, -0.2) is 16.7 Å². The molecule has 1 aliphatic rings. The highest BCUT2D eigenvalue weighted by Crippen LogP contribution is 2.40. The van der Waals surface area contributed by atoms with Crippen molar-refractivity contribution >= 4 is 17.3 Å². The Balaban J connectivity index is 2.24. The maximum atomic E-state index is 12.2. The molecular weight excluding hydrogens is 196 g/mol. The molecule has 0 aromatic carbocycles. The van der Waals surface area contributed by atoms with Crippen molar-refractivity contribution in [2.24, 2.45) is 11.1 Å². The number of hydrogen-bond acceptors (Lipinski definition) is 4. The molecule has 0 saturated heterocycles. The Labute approximate surface area is 87.5 Å². The highest BCUT2D eigenvalue weighted by Gasteiger charge is 2.40. The molecule has 1 heterocycles. The average Bonchev–Trinajstić information content (AvgIpc) is 2.89. The molecule has 2 rings (SSSR count). The number of hydrogen-bond donors (Lipinski definition) is 1. The summed E-state index contributed by atoms with van der Waals surface area (Å²) in [6.07, 6.45) is 5.82. The Bertz CT molecular complexity index is 315. The number of carbonyl (C=O) groups is 1. The van der Waals surface area contributed by atoms with Crippen LogP contribution < -0.4 is 5.73 Å². The van der Waals surface area contributed by atoms with E-state index in [1.807, 2.05) is 0 Å². The maximum absolute atomic E-state index is 12.2. The summed E-state index contributed by atoms with van der Waals surface area (Å²) in [6, 6.07) is 1.79. The van der Waals surface area contributed by atoms with Crippen LogP contribution in [0.25, 0.3) is 0 Å². The molecule has 0 atom stereocenters. The lowest BCUT2D eigenvalue weighted by Crippen LogP contribution is -2.35. The van der Waals surface area contributed by atoms with Crippen LogP contribution in [0.3, 0.4) is 0 Å². The fraction of sp³-hybridized carbons (Fsp3) is 0.600. The topological polar surface area (TPSA) is 56.0 Å². The molecule has 0 bridgehead atoms. The van der Waals surface area contributed by atoms with Crippen LogP contribution in [0.5, 0.6) is 0 Å². The van der Waals surface area contributed by atoms with Crippen molar-refractivity contribution in [3.63, 3.8) is 0 Å². The zero-order valence-corrected chi connectivity index (χ0v) is 8.85. The average molecular weight is 210 g/mol. The third kappa shape index (κ3) is 1.48. The zero-order valence-electron chi connectivity index (χ0n) is 8.03. The SMILES string of the molecule is NCC1(C(=O)c2ccns2)CCCC1. The van der Waals surface area contributed by atoms with Gasteiger partial charge in [0, 0.05) is 18.2 Å². The van der Waals surface area contributed by atoms with E-state index < -0.39 is 0 Å². The molecule has 4 heteroatoms. The van der Waals surface area contributed by atoms with Gasteiger partial charge in [0.25, 0.3) is 0 Å². The third-order valence-electron chi connectivity index (χ3n) is 3.09. The predicted molar refractivity (Wildman–Crippen MR) is 56.4 cm³/mol. The van der Waals surface area contributed by atoms with Gasteiger partial charge in [-0.05, 0) is 30.4 Å². The Morgan fingerprint density at radius 3 is 2.79 bits per heavy atom. The lowest BCUT2D eigenvalue weighted by molar-refractivity contribution is 0.0814. The van der Waals surface area contributed by atoms with Crippen molar-refractivity contribution in [3.8, 4) is 0 Å². The van der Waals surface area contributed by atoms with Crippen LogP contribution in [0.4, 0.5) is 0 Å². The normalized spacial score (nSPS) is 19.8. The molecule has 1 aromatic heterocycles. The van der Waals surface area contributed by atoms with E-state index in [-0.39, 0.29) is 11.2 Å². The Hall–Kier alpha value is -0.740. The molecule has 2 N–H and O–H groups in total. The van der Waals surface area contributed by atoms with Crippen LogP contribution >= 0.6 is 11.5 Å². The monoisotopic (exact) mass is 210 g/mol. The molecule has 76 valence electrons. The summed E-state index contributed by atoms with van der Waals surface area (Å²) in [7, 11) is 0. The van der Waals surface area contributed by atoms with Gasteiger partial charge >= 0.3 is 0 Å². The van der Waals surface area contributed by atoms with Gasteiger partial charge in [0.1, 0.15) is 0 Å². The molecular formula is C10H14N2OS. The van der Waals surface area contributed by atoms with Gasteiger partial charge in [0.2, 0.25) is 0 Å². The van der Waals surface area contributed by atoms with Crippen LogP contribution in [0.1, 0.15) is 35.4 Å². The third-order valence-corrected chi connectivity index (χ3v) is 3.84. The fourth-order valence-electron chi connectivity index (χ4n) is 2.17. The summed E-state index contributed by atoms with van der Waals surface area (Å²) in [4.78, 5) is 12.9. The zero-order chi connectivity index (χ0) is 10.0. The maximum Gasteiger partial charge on any atom is 0.181 e. The molecule has 3 nitrogen and oxygen atoms in total. The summed E-state index contributed by atoms with van der Waals surface area (Å²) >= 11 is 1.28. The van der Waals surface area contributed by atoms with E-state index in [0.717, 1.165) is 30.6 Å². The molecule has 0 amide bonds. The van der Waals surface area contributed by atoms with Gasteiger partial charge < -0.3 is 5.73 Å². The second kappa shape index (κ2) is 3.79. The summed E-state index contributed by atoms with van der Waals surface area (Å²) in [5.41, 5.74) is 5.47. The van der Waals surface area contributed by atoms with E-state index in [1.165, 1.54) is 11.5 Å². The molecule has 1 aliphatic carbocycles. The smallest absolute Gasteiger partial charge is 0.181 e. The van der Waals surface area contributed by atoms with Crippen LogP contribution in [-0.2, 0) is 0 Å². The first-order valence-corrected chi connectivity index (χ1v) is 5.71. The molecule has 0 unspecified atom stereocenters. The second-order valence-corrected chi connectivity index (χ2v) is 4.73. The molecule has 1 saturated carbocycles. The number of nitrogens with zero attached hydrogens (tertiary/aromatic N) is 1. The first-order chi connectivity index (χ1) is 6.78. The van der Waals surface area contributed by atoms with E-state index in [2.05, 4.69) is 4.37 Å². The minimum atomic E-state index is -0.271. The Morgan fingerprint density at radius 2 is 2.29 bits per heavy atom. The summed E-state index contributed by atoms with van der Waals surface area (Å²) in [5.74, 6) is 0.208. The molecule has 1 fully saturated rings. The lowest BCUT2D eigenvalue weighted by Gasteiger charge is -2.24. The Kier molecular flexibility index (Phi) is 2.65. The molecule has 0 aliphatic heterocycles. The van der Waals surface area contributed by atoms with E-state index in [4.69, 9.17) is 5.73 Å². The van der Waals surface area contributed by atoms with Crippen molar-refractivity contribution in [3.05, 3.63) is 17.1 Å². The van der Waals surface area contributed by atoms with Crippen LogP contribution in [0, 0.1) is 5.41 Å². The number of aromatic nitrogens is 1. The highest BCUT2D eigenvalue weighted by atomic mass is 32.1. The number of nitrogens with two attached hydrogens (primary N) is 1. The van der Waals surface area contributed by atoms with E-state index in [9.17, 15) is 4.79 Å². The van der Waals surface area contributed by atoms with Crippen molar-refractivity contribution in [1.29, 1.82) is 0 Å². The van der Waals surface area contributed by atoms with E-state index >= 15 is 0 Å². The van der Waals surface area contributed by atoms with Crippen LogP contribution in [0.15, 0.2) is 12.3 Å². The quantitative estimate of drug-likeness (QED) is 0.774. The fourth-order valence-corrected chi connectivity index (χ4v) is 2.83. The lowest BCUT2D eigenvalue weighted by atomic mass is 9.81. The summed E-state index contributed by atoms with van der Waals surface area (Å²) in [6.45, 7) is 0.476. The van der Waals surface area contributed by atoms with Gasteiger partial charge in [-0.1, -0.05) is 12.8 Å². The van der Waals surface area contributed by atoms with E-state index in [1.54, 1.807) is 12.3 Å². The number of ketones is 1. The second-order valence-electron chi connectivity index (χ2n) is 3.90. The minimum Gasteiger partial charge on any atom is -0.329 e. The first-order valence-electron chi connectivity index (χ1n) is 4.94. The Morgan fingerprint density at radius 1 is 1.57 bits per heavy atom. The first kappa shape index (κ1) is 9.80. The van der Waals surface area contributed by atoms with Crippen LogP contribution in [0.2, 0.25) is 0 Å². The standard InChI is InChI=1S/C10H14N2OS/c11-7-10(4-1-2-5-10)9(13)8-3-6-12-14-8/h3,6H,1-2,4-5,7,11H2. The molecule has 14 heavy (non-hydrogen) atoms. The summed E-state index contributed by atoms with van der Waals surface area (Å²) in [5, 5.41) is 0. The van der Waals surface area contributed by atoms with Gasteiger partial charge in [-0.25, -0.2) is 4.37 Å². The summed E-state index contributed by atoms with van der Waals surface area (Å²) < 4.78 is 3.96. The van der Waals surface area contributed by atoms with Gasteiger partial charge in [0.05, 0.1) is 4.88 Å². The van der Waals surface area contributed by atoms with Gasteiger partial charge in [-0.3, -0.25) is 4.79 Å². The van der Waals surface area contributed by atoms with Gasteiger partial charge in [-0.2, -0.15) is 0 Å². The van der Waals surface area contributed by atoms with Gasteiger partial charge in [-0.15, -0.1) is 0 Å². The molecule has 1 aromatic rings. The molecule has 0 radical (unpaired) electrons. The number of Topliss-reactive ketones (excluding diaryl/α,β-unsaturated/α-hetero) is 1. The predicted octanol–water partition coefficient (Wildman–Crippen LogP) is 1.84. The molecule has 0 spiro atoms. The van der Waals surface area contributed by atoms with Crippen molar-refractivity contribution in [2.75, 3.05) is 6.54 Å². The van der Waals surface area contributed by atoms with Gasteiger partial charge in [0.15, 0.2) is 5.78 Å². The minimum absolute atomic E-state index is 0.208. The van der Waals surface area contributed by atoms with Crippen molar-refractivity contribution < 1.29 is 4.79 Å². The number of rotatable bonds is 3. The largest absolute Gasteiger partial charge is 0.329 e. The van der Waals surface area contributed by atoms with Crippen molar-refractivity contribution in [2.45, 2.75) is 25.7 Å². The van der Waals surface area contributed by atoms with E-state index in [0.29, 0.717) is 6.54 Å². The van der Waals surface area contributed by atoms with Crippen molar-refractivity contribution in [1.82, 2.24) is 4.37 Å².